The van der Waals surface area contributed by atoms with Crippen LogP contribution in [0.5, 0.6) is 11.5 Å². The molecule has 0 bridgehead atoms. The number of benzene rings is 1. The van der Waals surface area contributed by atoms with Crippen LogP contribution in [0.25, 0.3) is 0 Å². The maximum absolute atomic E-state index is 13.2. The van der Waals surface area contributed by atoms with E-state index in [2.05, 4.69) is 4.74 Å². The lowest BCUT2D eigenvalue weighted by Crippen LogP contribution is -2.02. The van der Waals surface area contributed by atoms with E-state index >= 15 is 0 Å². The molecular weight excluding hydrogens is 222 g/mol. The van der Waals surface area contributed by atoms with Crippen LogP contribution in [0.1, 0.15) is 12.0 Å². The van der Waals surface area contributed by atoms with Gasteiger partial charge in [0.15, 0.2) is 23.1 Å². The molecule has 1 aromatic carbocycles. The van der Waals surface area contributed by atoms with Crippen molar-refractivity contribution in [3.8, 4) is 11.5 Å². The summed E-state index contributed by atoms with van der Waals surface area (Å²) in [7, 11) is 1.19. The molecule has 1 rings (SSSR count). The number of carboxylic acids is 1. The standard InChI is InChI=1S/C10H10F2O4/c1-16-7-4-6(11)9(12)5(10(7)15)2-3-8(13)14/h4,15H,2-3H2,1H3,(H,13,14). The lowest BCUT2D eigenvalue weighted by Gasteiger charge is -2.09. The minimum absolute atomic E-state index is 0.223. The molecule has 16 heavy (non-hydrogen) atoms. The van der Waals surface area contributed by atoms with Crippen LogP contribution < -0.4 is 4.74 Å². The van der Waals surface area contributed by atoms with Crippen molar-refractivity contribution in [3.05, 3.63) is 23.3 Å². The summed E-state index contributed by atoms with van der Waals surface area (Å²) in [5.41, 5.74) is -0.390. The van der Waals surface area contributed by atoms with Crippen LogP contribution in [0.3, 0.4) is 0 Å². The summed E-state index contributed by atoms with van der Waals surface area (Å²) in [6.45, 7) is 0. The van der Waals surface area contributed by atoms with Crippen LogP contribution in [0.4, 0.5) is 8.78 Å². The number of methoxy groups -OCH3 is 1. The summed E-state index contributed by atoms with van der Waals surface area (Å²) in [5.74, 6) is -4.39. The largest absolute Gasteiger partial charge is 0.504 e. The van der Waals surface area contributed by atoms with Crippen molar-refractivity contribution in [2.24, 2.45) is 0 Å². The van der Waals surface area contributed by atoms with Crippen molar-refractivity contribution in [3.63, 3.8) is 0 Å². The Labute approximate surface area is 90.1 Å². The van der Waals surface area contributed by atoms with E-state index in [1.807, 2.05) is 0 Å². The molecule has 0 unspecified atom stereocenters. The highest BCUT2D eigenvalue weighted by Gasteiger charge is 2.19. The number of aliphatic carboxylic acids is 1. The van der Waals surface area contributed by atoms with Crippen LogP contribution in [-0.4, -0.2) is 23.3 Å². The monoisotopic (exact) mass is 232 g/mol. The molecule has 0 amide bonds. The average Bonchev–Trinajstić information content (AvgIpc) is 2.23. The summed E-state index contributed by atoms with van der Waals surface area (Å²) >= 11 is 0. The summed E-state index contributed by atoms with van der Waals surface area (Å²) in [4.78, 5) is 10.3. The fraction of sp³-hybridized carbons (Fsp3) is 0.300. The predicted octanol–water partition coefficient (Wildman–Crippen LogP) is 1.70. The normalized spacial score (nSPS) is 10.2. The molecule has 0 heterocycles. The molecule has 0 spiro atoms. The fourth-order valence-electron chi connectivity index (χ4n) is 1.26. The summed E-state index contributed by atoms with van der Waals surface area (Å²) in [6, 6.07) is 0.703. The molecule has 0 aliphatic rings. The van der Waals surface area contributed by atoms with Crippen LogP contribution in [0, 0.1) is 11.6 Å². The molecule has 2 N–H and O–H groups in total. The Morgan fingerprint density at radius 2 is 2.12 bits per heavy atom. The zero-order valence-electron chi connectivity index (χ0n) is 8.46. The van der Waals surface area contributed by atoms with E-state index < -0.39 is 29.8 Å². The number of phenolic OH excluding ortho intramolecular Hbond substituents is 1. The Kier molecular flexibility index (Phi) is 3.65. The number of halogens is 2. The third-order valence-corrected chi connectivity index (χ3v) is 2.06. The van der Waals surface area contributed by atoms with E-state index in [0.717, 1.165) is 0 Å². The number of ether oxygens (including phenoxy) is 1. The van der Waals surface area contributed by atoms with E-state index in [9.17, 15) is 18.7 Å². The Morgan fingerprint density at radius 1 is 1.50 bits per heavy atom. The molecule has 0 saturated heterocycles. The molecule has 6 heteroatoms. The first kappa shape index (κ1) is 12.2. The fourth-order valence-corrected chi connectivity index (χ4v) is 1.26. The van der Waals surface area contributed by atoms with E-state index in [0.29, 0.717) is 6.07 Å². The zero-order valence-corrected chi connectivity index (χ0v) is 8.46. The van der Waals surface area contributed by atoms with Gasteiger partial charge in [0.2, 0.25) is 0 Å². The number of carboxylic acid groups (broad SMARTS) is 1. The van der Waals surface area contributed by atoms with Gasteiger partial charge in [-0.05, 0) is 6.42 Å². The van der Waals surface area contributed by atoms with Crippen LogP contribution in [0.15, 0.2) is 6.07 Å². The van der Waals surface area contributed by atoms with E-state index in [1.54, 1.807) is 0 Å². The molecule has 0 aromatic heterocycles. The first-order valence-corrected chi connectivity index (χ1v) is 4.43. The first-order valence-electron chi connectivity index (χ1n) is 4.43. The van der Waals surface area contributed by atoms with E-state index in [1.165, 1.54) is 7.11 Å². The van der Waals surface area contributed by atoms with Crippen molar-refractivity contribution in [1.82, 2.24) is 0 Å². The van der Waals surface area contributed by atoms with Crippen molar-refractivity contribution < 1.29 is 28.5 Å². The van der Waals surface area contributed by atoms with Gasteiger partial charge in [-0.25, -0.2) is 8.78 Å². The Bertz CT molecular complexity index is 418. The van der Waals surface area contributed by atoms with Gasteiger partial charge in [0, 0.05) is 18.1 Å². The Morgan fingerprint density at radius 3 is 2.62 bits per heavy atom. The highest BCUT2D eigenvalue weighted by atomic mass is 19.2. The summed E-state index contributed by atoms with van der Waals surface area (Å²) in [5, 5.41) is 17.9. The van der Waals surface area contributed by atoms with Crippen molar-refractivity contribution in [2.45, 2.75) is 12.8 Å². The number of aromatic hydroxyl groups is 1. The summed E-state index contributed by atoms with van der Waals surface area (Å²) < 4.78 is 30.9. The second kappa shape index (κ2) is 4.78. The lowest BCUT2D eigenvalue weighted by atomic mass is 10.1. The number of hydrogen-bond donors (Lipinski definition) is 2. The first-order chi connectivity index (χ1) is 7.47. The molecule has 0 fully saturated rings. The van der Waals surface area contributed by atoms with Crippen LogP contribution >= 0.6 is 0 Å². The van der Waals surface area contributed by atoms with Gasteiger partial charge < -0.3 is 14.9 Å². The number of rotatable bonds is 4. The van der Waals surface area contributed by atoms with Gasteiger partial charge in [0.1, 0.15) is 0 Å². The molecule has 0 aliphatic carbocycles. The van der Waals surface area contributed by atoms with Gasteiger partial charge in [0.05, 0.1) is 7.11 Å². The molecule has 1 aromatic rings. The SMILES string of the molecule is COc1cc(F)c(F)c(CCC(=O)O)c1O. The number of hydrogen-bond acceptors (Lipinski definition) is 3. The Balaban J connectivity index is 3.14. The maximum atomic E-state index is 13.2. The van der Waals surface area contributed by atoms with Gasteiger partial charge >= 0.3 is 5.97 Å². The molecule has 0 atom stereocenters. The lowest BCUT2D eigenvalue weighted by molar-refractivity contribution is -0.136. The molecule has 4 nitrogen and oxygen atoms in total. The zero-order chi connectivity index (χ0) is 12.3. The predicted molar refractivity (Wildman–Crippen MR) is 50.5 cm³/mol. The highest BCUT2D eigenvalue weighted by Crippen LogP contribution is 2.34. The molecule has 0 radical (unpaired) electrons. The highest BCUT2D eigenvalue weighted by molar-refractivity contribution is 5.67. The number of phenols is 1. The second-order valence-corrected chi connectivity index (χ2v) is 3.10. The third-order valence-electron chi connectivity index (χ3n) is 2.06. The minimum Gasteiger partial charge on any atom is -0.504 e. The molecule has 0 saturated carbocycles. The van der Waals surface area contributed by atoms with Gasteiger partial charge in [-0.15, -0.1) is 0 Å². The molecule has 88 valence electrons. The molecular formula is C10H10F2O4. The number of carbonyl (C=O) groups is 1. The van der Waals surface area contributed by atoms with Crippen molar-refractivity contribution in [2.75, 3.05) is 7.11 Å². The average molecular weight is 232 g/mol. The van der Waals surface area contributed by atoms with Gasteiger partial charge in [-0.1, -0.05) is 0 Å². The quantitative estimate of drug-likeness (QED) is 0.829. The third kappa shape index (κ3) is 2.39. The van der Waals surface area contributed by atoms with Crippen molar-refractivity contribution in [1.29, 1.82) is 0 Å². The Hall–Kier alpha value is -1.85. The van der Waals surface area contributed by atoms with Gasteiger partial charge in [0.25, 0.3) is 0 Å². The maximum Gasteiger partial charge on any atom is 0.303 e. The van der Waals surface area contributed by atoms with E-state index in [-0.39, 0.29) is 17.7 Å². The van der Waals surface area contributed by atoms with Gasteiger partial charge in [-0.3, -0.25) is 4.79 Å². The minimum atomic E-state index is -1.25. The topological polar surface area (TPSA) is 66.8 Å². The van der Waals surface area contributed by atoms with Gasteiger partial charge in [-0.2, -0.15) is 0 Å². The van der Waals surface area contributed by atoms with Crippen molar-refractivity contribution >= 4 is 5.97 Å². The summed E-state index contributed by atoms with van der Waals surface area (Å²) in [6.07, 6.45) is -0.710. The second-order valence-electron chi connectivity index (χ2n) is 3.10. The van der Waals surface area contributed by atoms with Crippen LogP contribution in [0.2, 0.25) is 0 Å². The molecule has 0 aliphatic heterocycles. The smallest absolute Gasteiger partial charge is 0.303 e. The van der Waals surface area contributed by atoms with Crippen LogP contribution in [-0.2, 0) is 11.2 Å². The van der Waals surface area contributed by atoms with E-state index in [4.69, 9.17) is 5.11 Å².